The van der Waals surface area contributed by atoms with Crippen molar-refractivity contribution in [3.63, 3.8) is 0 Å². The van der Waals surface area contributed by atoms with E-state index in [1.165, 1.54) is 22.8 Å². The lowest BCUT2D eigenvalue weighted by Gasteiger charge is -2.07. The van der Waals surface area contributed by atoms with E-state index in [4.69, 9.17) is 0 Å². The Balaban J connectivity index is 1.85. The van der Waals surface area contributed by atoms with E-state index >= 15 is 0 Å². The molecular formula is C10H20N4S. The fourth-order valence-corrected chi connectivity index (χ4v) is 1.67. The highest BCUT2D eigenvalue weighted by molar-refractivity contribution is 7.05. The summed E-state index contributed by atoms with van der Waals surface area (Å²) in [6.07, 6.45) is 2.98. The lowest BCUT2D eigenvalue weighted by molar-refractivity contribution is 0.531. The Hall–Kier alpha value is -0.520. The van der Waals surface area contributed by atoms with E-state index in [0.717, 1.165) is 32.1 Å². The van der Waals surface area contributed by atoms with Gasteiger partial charge in [-0.1, -0.05) is 18.3 Å². The highest BCUT2D eigenvalue weighted by Crippen LogP contribution is 1.99. The van der Waals surface area contributed by atoms with E-state index in [1.807, 2.05) is 6.20 Å². The lowest BCUT2D eigenvalue weighted by atomic mass is 10.2. The van der Waals surface area contributed by atoms with Crippen molar-refractivity contribution in [2.45, 2.75) is 26.8 Å². The molecule has 4 nitrogen and oxygen atoms in total. The van der Waals surface area contributed by atoms with E-state index < -0.39 is 0 Å². The number of aromatic nitrogens is 2. The van der Waals surface area contributed by atoms with Gasteiger partial charge in [-0.2, -0.15) is 0 Å². The summed E-state index contributed by atoms with van der Waals surface area (Å²) < 4.78 is 3.81. The summed E-state index contributed by atoms with van der Waals surface area (Å²) in [5.74, 6) is 0.737. The van der Waals surface area contributed by atoms with Crippen LogP contribution >= 0.6 is 11.5 Å². The first-order valence-electron chi connectivity index (χ1n) is 5.46. The predicted molar refractivity (Wildman–Crippen MR) is 63.9 cm³/mol. The quantitative estimate of drug-likeness (QED) is 0.658. The van der Waals surface area contributed by atoms with Crippen molar-refractivity contribution < 1.29 is 0 Å². The van der Waals surface area contributed by atoms with E-state index in [9.17, 15) is 0 Å². The van der Waals surface area contributed by atoms with Crippen LogP contribution in [0, 0.1) is 5.92 Å². The second-order valence-corrected chi connectivity index (χ2v) is 4.88. The lowest BCUT2D eigenvalue weighted by Crippen LogP contribution is -2.24. The van der Waals surface area contributed by atoms with Crippen molar-refractivity contribution in [2.75, 3.05) is 19.6 Å². The molecular weight excluding hydrogens is 208 g/mol. The first kappa shape index (κ1) is 12.5. The maximum absolute atomic E-state index is 3.81. The van der Waals surface area contributed by atoms with Crippen LogP contribution in [-0.4, -0.2) is 29.2 Å². The maximum Gasteiger partial charge on any atom is 0.0666 e. The van der Waals surface area contributed by atoms with Crippen molar-refractivity contribution in [3.8, 4) is 0 Å². The maximum atomic E-state index is 3.81. The van der Waals surface area contributed by atoms with Crippen molar-refractivity contribution in [1.82, 2.24) is 20.2 Å². The molecule has 0 aliphatic heterocycles. The molecule has 0 saturated carbocycles. The molecule has 1 aromatic rings. The molecule has 0 aromatic carbocycles. The normalized spacial score (nSPS) is 11.1. The molecule has 1 aromatic heterocycles. The molecule has 2 N–H and O–H groups in total. The molecule has 0 spiro atoms. The van der Waals surface area contributed by atoms with Gasteiger partial charge in [0.05, 0.1) is 11.1 Å². The molecule has 0 saturated heterocycles. The van der Waals surface area contributed by atoms with Crippen LogP contribution in [0.25, 0.3) is 0 Å². The third-order valence-corrected chi connectivity index (χ3v) is 2.63. The van der Waals surface area contributed by atoms with Gasteiger partial charge in [0.2, 0.25) is 0 Å². The topological polar surface area (TPSA) is 49.8 Å². The number of hydrogen-bond acceptors (Lipinski definition) is 5. The molecule has 1 heterocycles. The van der Waals surface area contributed by atoms with Crippen molar-refractivity contribution in [3.05, 3.63) is 11.1 Å². The van der Waals surface area contributed by atoms with E-state index in [0.29, 0.717) is 0 Å². The first-order valence-corrected chi connectivity index (χ1v) is 6.24. The van der Waals surface area contributed by atoms with Crippen LogP contribution in [-0.2, 0) is 6.54 Å². The summed E-state index contributed by atoms with van der Waals surface area (Å²) in [5, 5.41) is 10.6. The Bertz CT molecular complexity index is 236. The summed E-state index contributed by atoms with van der Waals surface area (Å²) >= 11 is 1.46. The van der Waals surface area contributed by atoms with Crippen molar-refractivity contribution in [1.29, 1.82) is 0 Å². The molecule has 0 radical (unpaired) electrons. The van der Waals surface area contributed by atoms with Gasteiger partial charge in [-0.15, -0.1) is 5.10 Å². The molecule has 0 bridgehead atoms. The van der Waals surface area contributed by atoms with Crippen LogP contribution in [0.3, 0.4) is 0 Å². The molecule has 0 unspecified atom stereocenters. The summed E-state index contributed by atoms with van der Waals surface area (Å²) in [5.41, 5.74) is 0. The second kappa shape index (κ2) is 7.73. The zero-order valence-electron chi connectivity index (χ0n) is 9.49. The fraction of sp³-hybridized carbons (Fsp3) is 0.800. The Kier molecular flexibility index (Phi) is 6.47. The van der Waals surface area contributed by atoms with Crippen LogP contribution in [0.1, 0.15) is 25.1 Å². The smallest absolute Gasteiger partial charge is 0.0666 e. The molecule has 5 heteroatoms. The van der Waals surface area contributed by atoms with Crippen LogP contribution < -0.4 is 10.6 Å². The van der Waals surface area contributed by atoms with Gasteiger partial charge in [0, 0.05) is 6.54 Å². The summed E-state index contributed by atoms with van der Waals surface area (Å²) in [6.45, 7) is 8.58. The van der Waals surface area contributed by atoms with E-state index in [2.05, 4.69) is 34.1 Å². The Morgan fingerprint density at radius 2 is 2.13 bits per heavy atom. The average Bonchev–Trinajstić information content (AvgIpc) is 2.68. The van der Waals surface area contributed by atoms with E-state index in [-0.39, 0.29) is 0 Å². The first-order chi connectivity index (χ1) is 7.29. The highest BCUT2D eigenvalue weighted by atomic mass is 32.1. The molecule has 0 aliphatic carbocycles. The second-order valence-electron chi connectivity index (χ2n) is 4.01. The molecule has 0 aliphatic rings. The molecule has 86 valence electrons. The molecule has 0 fully saturated rings. The van der Waals surface area contributed by atoms with Gasteiger partial charge in [0.15, 0.2) is 0 Å². The number of nitrogens with zero attached hydrogens (tertiary/aromatic N) is 2. The van der Waals surface area contributed by atoms with Gasteiger partial charge >= 0.3 is 0 Å². The zero-order valence-corrected chi connectivity index (χ0v) is 10.3. The van der Waals surface area contributed by atoms with Crippen LogP contribution in [0.4, 0.5) is 0 Å². The minimum Gasteiger partial charge on any atom is -0.316 e. The van der Waals surface area contributed by atoms with Gasteiger partial charge in [-0.3, -0.25) is 0 Å². The Morgan fingerprint density at radius 1 is 1.33 bits per heavy atom. The van der Waals surface area contributed by atoms with Gasteiger partial charge < -0.3 is 10.6 Å². The third kappa shape index (κ3) is 6.54. The highest BCUT2D eigenvalue weighted by Gasteiger charge is 1.95. The summed E-state index contributed by atoms with van der Waals surface area (Å²) in [6, 6.07) is 0. The monoisotopic (exact) mass is 228 g/mol. The van der Waals surface area contributed by atoms with Gasteiger partial charge in [-0.25, -0.2) is 0 Å². The average molecular weight is 228 g/mol. The van der Waals surface area contributed by atoms with Crippen molar-refractivity contribution in [2.24, 2.45) is 5.92 Å². The van der Waals surface area contributed by atoms with Gasteiger partial charge in [-0.05, 0) is 43.5 Å². The standard InChI is InChI=1S/C10H20N4S/c1-9(2)6-11-4-3-5-12-7-10-8-13-14-15-10/h8-9,11-12H,3-7H2,1-2H3. The summed E-state index contributed by atoms with van der Waals surface area (Å²) in [4.78, 5) is 1.20. The SMILES string of the molecule is CC(C)CNCCCNCc1cnns1. The minimum absolute atomic E-state index is 0.737. The number of hydrogen-bond donors (Lipinski definition) is 2. The van der Waals surface area contributed by atoms with Crippen LogP contribution in [0.15, 0.2) is 6.20 Å². The largest absolute Gasteiger partial charge is 0.316 e. The fourth-order valence-electron chi connectivity index (χ4n) is 1.21. The number of rotatable bonds is 8. The van der Waals surface area contributed by atoms with Gasteiger partial charge in [0.25, 0.3) is 0 Å². The van der Waals surface area contributed by atoms with Crippen molar-refractivity contribution >= 4 is 11.5 Å². The van der Waals surface area contributed by atoms with Gasteiger partial charge in [0.1, 0.15) is 0 Å². The van der Waals surface area contributed by atoms with E-state index in [1.54, 1.807) is 0 Å². The molecule has 0 atom stereocenters. The predicted octanol–water partition coefficient (Wildman–Crippen LogP) is 1.26. The summed E-state index contributed by atoms with van der Waals surface area (Å²) in [7, 11) is 0. The molecule has 15 heavy (non-hydrogen) atoms. The van der Waals surface area contributed by atoms with Crippen LogP contribution in [0.5, 0.6) is 0 Å². The van der Waals surface area contributed by atoms with Crippen LogP contribution in [0.2, 0.25) is 0 Å². The zero-order chi connectivity index (χ0) is 10.9. The Labute approximate surface area is 95.6 Å². The molecule has 0 amide bonds. The number of nitrogens with one attached hydrogen (secondary N) is 2. The Morgan fingerprint density at radius 3 is 2.80 bits per heavy atom. The molecule has 1 rings (SSSR count). The minimum atomic E-state index is 0.737. The third-order valence-electron chi connectivity index (χ3n) is 1.97.